The van der Waals surface area contributed by atoms with Gasteiger partial charge in [-0.05, 0) is 29.3 Å². The van der Waals surface area contributed by atoms with Crippen LogP contribution in [0.3, 0.4) is 0 Å². The zero-order valence-electron chi connectivity index (χ0n) is 16.9. The van der Waals surface area contributed by atoms with Crippen molar-refractivity contribution in [1.29, 1.82) is 0 Å². The predicted molar refractivity (Wildman–Crippen MR) is 121 cm³/mol. The van der Waals surface area contributed by atoms with Crippen LogP contribution in [0, 0.1) is 0 Å². The molecular weight excluding hydrogens is 410 g/mol. The van der Waals surface area contributed by atoms with Crippen molar-refractivity contribution in [2.45, 2.75) is 19.2 Å². The number of ether oxygens (including phenoxy) is 1. The Morgan fingerprint density at radius 1 is 1.03 bits per heavy atom. The van der Waals surface area contributed by atoms with Gasteiger partial charge < -0.3 is 15.0 Å². The van der Waals surface area contributed by atoms with Crippen LogP contribution in [0.15, 0.2) is 79.0 Å². The van der Waals surface area contributed by atoms with E-state index in [-0.39, 0.29) is 11.8 Å². The first-order valence-corrected chi connectivity index (χ1v) is 11.2. The Balaban J connectivity index is 1.33. The fraction of sp³-hybridized carbons (Fsp3) is 0.208. The van der Waals surface area contributed by atoms with Gasteiger partial charge in [-0.25, -0.2) is 4.98 Å². The summed E-state index contributed by atoms with van der Waals surface area (Å²) in [6.45, 7) is 0.775. The van der Waals surface area contributed by atoms with Gasteiger partial charge in [-0.2, -0.15) is 0 Å². The lowest BCUT2D eigenvalue weighted by Gasteiger charge is -2.23. The van der Waals surface area contributed by atoms with Crippen LogP contribution in [0.2, 0.25) is 0 Å². The second-order valence-corrected chi connectivity index (χ2v) is 8.15. The van der Waals surface area contributed by atoms with Gasteiger partial charge in [-0.3, -0.25) is 9.59 Å². The predicted octanol–water partition coefficient (Wildman–Crippen LogP) is 3.49. The minimum atomic E-state index is -0.478. The number of thioether (sulfide) groups is 1. The molecule has 1 aliphatic heterocycles. The van der Waals surface area contributed by atoms with E-state index in [0.29, 0.717) is 36.2 Å². The number of amides is 2. The van der Waals surface area contributed by atoms with Crippen molar-refractivity contribution in [1.82, 2.24) is 15.2 Å². The molecule has 0 saturated carbocycles. The third-order valence-corrected chi connectivity index (χ3v) is 5.97. The van der Waals surface area contributed by atoms with E-state index >= 15 is 0 Å². The van der Waals surface area contributed by atoms with E-state index in [0.717, 1.165) is 11.1 Å². The van der Waals surface area contributed by atoms with Gasteiger partial charge in [0.25, 0.3) is 5.91 Å². The van der Waals surface area contributed by atoms with Crippen LogP contribution < -0.4 is 10.1 Å². The van der Waals surface area contributed by atoms with Crippen LogP contribution >= 0.6 is 11.8 Å². The maximum Gasteiger partial charge on any atom is 0.255 e. The summed E-state index contributed by atoms with van der Waals surface area (Å²) in [7, 11) is 0. The summed E-state index contributed by atoms with van der Waals surface area (Å²) in [6, 6.07) is 22.1. The second kappa shape index (κ2) is 10.1. The Labute approximate surface area is 185 Å². The molecule has 0 bridgehead atoms. The van der Waals surface area contributed by atoms with Crippen LogP contribution in [0.1, 0.15) is 21.5 Å². The van der Waals surface area contributed by atoms with Gasteiger partial charge in [0, 0.05) is 30.1 Å². The lowest BCUT2D eigenvalue weighted by molar-refractivity contribution is -0.124. The number of pyridine rings is 1. The van der Waals surface area contributed by atoms with Crippen molar-refractivity contribution < 1.29 is 14.3 Å². The smallest absolute Gasteiger partial charge is 0.255 e. The quantitative estimate of drug-likeness (QED) is 0.618. The van der Waals surface area contributed by atoms with Crippen LogP contribution in [0.5, 0.6) is 5.88 Å². The van der Waals surface area contributed by atoms with Crippen molar-refractivity contribution in [2.75, 3.05) is 11.6 Å². The van der Waals surface area contributed by atoms with Crippen LogP contribution in [0.4, 0.5) is 0 Å². The van der Waals surface area contributed by atoms with E-state index in [4.69, 9.17) is 4.74 Å². The highest BCUT2D eigenvalue weighted by Crippen LogP contribution is 2.23. The molecule has 1 fully saturated rings. The molecule has 1 aliphatic rings. The van der Waals surface area contributed by atoms with Gasteiger partial charge in [0.2, 0.25) is 11.8 Å². The van der Waals surface area contributed by atoms with E-state index in [2.05, 4.69) is 10.3 Å². The number of benzene rings is 2. The molecule has 2 amide bonds. The van der Waals surface area contributed by atoms with Crippen molar-refractivity contribution in [2.24, 2.45) is 0 Å². The zero-order valence-corrected chi connectivity index (χ0v) is 17.8. The number of hydrogen-bond acceptors (Lipinski definition) is 5. The summed E-state index contributed by atoms with van der Waals surface area (Å²) in [5, 5.41) is 2.95. The van der Waals surface area contributed by atoms with Gasteiger partial charge in [0.1, 0.15) is 12.6 Å². The van der Waals surface area contributed by atoms with Crippen LogP contribution in [-0.2, 0) is 17.9 Å². The molecule has 1 atom stereocenters. The standard InChI is InChI=1S/C24H23N3O3S/c28-23(21-16-31-17-27(21)24(29)20-9-5-2-6-10-20)26-14-19-11-12-25-22(13-19)30-15-18-7-3-1-4-8-18/h1-13,21H,14-17H2,(H,26,28). The molecule has 0 spiro atoms. The monoisotopic (exact) mass is 433 g/mol. The summed E-state index contributed by atoms with van der Waals surface area (Å²) in [5.74, 6) is 1.34. The number of carbonyl (C=O) groups excluding carboxylic acids is 2. The molecule has 1 aromatic heterocycles. The molecular formula is C24H23N3O3S. The topological polar surface area (TPSA) is 71.5 Å². The lowest BCUT2D eigenvalue weighted by atomic mass is 10.1. The van der Waals surface area contributed by atoms with E-state index in [9.17, 15) is 9.59 Å². The largest absolute Gasteiger partial charge is 0.473 e. The number of carbonyl (C=O) groups is 2. The average molecular weight is 434 g/mol. The van der Waals surface area contributed by atoms with Crippen LogP contribution in [0.25, 0.3) is 0 Å². The molecule has 7 heteroatoms. The Kier molecular flexibility index (Phi) is 6.84. The molecule has 0 aliphatic carbocycles. The summed E-state index contributed by atoms with van der Waals surface area (Å²) < 4.78 is 5.76. The fourth-order valence-corrected chi connectivity index (χ4v) is 4.44. The molecule has 158 valence electrons. The average Bonchev–Trinajstić information content (AvgIpc) is 3.32. The maximum absolute atomic E-state index is 12.8. The molecule has 2 aromatic carbocycles. The maximum atomic E-state index is 12.8. The number of nitrogens with one attached hydrogen (secondary N) is 1. The lowest BCUT2D eigenvalue weighted by Crippen LogP contribution is -2.47. The Bertz CT molecular complexity index is 1030. The van der Waals surface area contributed by atoms with E-state index in [1.165, 1.54) is 0 Å². The molecule has 4 rings (SSSR count). The first kappa shape index (κ1) is 20.9. The molecule has 1 saturated heterocycles. The Hall–Kier alpha value is -3.32. The third-order valence-electron chi connectivity index (χ3n) is 4.96. The Morgan fingerprint density at radius 3 is 2.55 bits per heavy atom. The molecule has 31 heavy (non-hydrogen) atoms. The second-order valence-electron chi connectivity index (χ2n) is 7.15. The molecule has 1 N–H and O–H groups in total. The van der Waals surface area contributed by atoms with Crippen LogP contribution in [-0.4, -0.2) is 39.4 Å². The highest BCUT2D eigenvalue weighted by atomic mass is 32.2. The normalized spacial score (nSPS) is 15.5. The third kappa shape index (κ3) is 5.44. The molecule has 2 heterocycles. The van der Waals surface area contributed by atoms with Crippen molar-refractivity contribution in [3.8, 4) is 5.88 Å². The highest BCUT2D eigenvalue weighted by Gasteiger charge is 2.34. The Morgan fingerprint density at radius 2 is 1.77 bits per heavy atom. The number of aromatic nitrogens is 1. The van der Waals surface area contributed by atoms with E-state index in [1.807, 2.05) is 60.7 Å². The van der Waals surface area contributed by atoms with Crippen molar-refractivity contribution in [3.05, 3.63) is 95.7 Å². The summed E-state index contributed by atoms with van der Waals surface area (Å²) in [4.78, 5) is 31.4. The van der Waals surface area contributed by atoms with Gasteiger partial charge in [-0.15, -0.1) is 11.8 Å². The number of rotatable bonds is 7. The van der Waals surface area contributed by atoms with Crippen molar-refractivity contribution >= 4 is 23.6 Å². The van der Waals surface area contributed by atoms with Gasteiger partial charge in [-0.1, -0.05) is 48.5 Å². The molecule has 0 radical (unpaired) electrons. The highest BCUT2D eigenvalue weighted by molar-refractivity contribution is 7.99. The number of hydrogen-bond donors (Lipinski definition) is 1. The van der Waals surface area contributed by atoms with E-state index < -0.39 is 6.04 Å². The zero-order chi connectivity index (χ0) is 21.5. The van der Waals surface area contributed by atoms with Crippen molar-refractivity contribution in [3.63, 3.8) is 0 Å². The fourth-order valence-electron chi connectivity index (χ4n) is 3.28. The van der Waals surface area contributed by atoms with E-state index in [1.54, 1.807) is 35.0 Å². The summed E-state index contributed by atoms with van der Waals surface area (Å²) in [5.41, 5.74) is 2.54. The number of nitrogens with zero attached hydrogens (tertiary/aromatic N) is 2. The van der Waals surface area contributed by atoms with Gasteiger partial charge in [0.05, 0.1) is 5.88 Å². The van der Waals surface area contributed by atoms with Gasteiger partial charge in [0.15, 0.2) is 0 Å². The molecule has 6 nitrogen and oxygen atoms in total. The molecule has 1 unspecified atom stereocenters. The SMILES string of the molecule is O=C(NCc1ccnc(OCc2ccccc2)c1)C1CSCN1C(=O)c1ccccc1. The first-order valence-electron chi connectivity index (χ1n) is 10.0. The minimum absolute atomic E-state index is 0.119. The minimum Gasteiger partial charge on any atom is -0.473 e. The van der Waals surface area contributed by atoms with Gasteiger partial charge >= 0.3 is 0 Å². The summed E-state index contributed by atoms with van der Waals surface area (Å²) in [6.07, 6.45) is 1.67. The molecule has 3 aromatic rings. The first-order chi connectivity index (χ1) is 15.2. The summed E-state index contributed by atoms with van der Waals surface area (Å²) >= 11 is 1.58.